The molecule has 1 nitrogen and oxygen atoms in total. The van der Waals surface area contributed by atoms with Crippen molar-refractivity contribution >= 4 is 11.6 Å². The van der Waals surface area contributed by atoms with Gasteiger partial charge in [-0.2, -0.15) is 13.2 Å². The van der Waals surface area contributed by atoms with Crippen LogP contribution in [0.15, 0.2) is 23.9 Å². The van der Waals surface area contributed by atoms with E-state index in [-0.39, 0.29) is 12.4 Å². The van der Waals surface area contributed by atoms with Crippen molar-refractivity contribution in [3.05, 3.63) is 23.9 Å². The molecule has 0 aromatic rings. The summed E-state index contributed by atoms with van der Waals surface area (Å²) >= 11 is 5.40. The number of alkyl halides is 4. The Bertz CT molecular complexity index is 219. The fourth-order valence-electron chi connectivity index (χ4n) is 0.868. The van der Waals surface area contributed by atoms with Crippen molar-refractivity contribution in [3.63, 3.8) is 0 Å². The Hall–Kier alpha value is -0.640. The first-order valence-corrected chi connectivity index (χ1v) is 3.83. The third kappa shape index (κ3) is 2.17. The van der Waals surface area contributed by atoms with Crippen molar-refractivity contribution < 1.29 is 13.2 Å². The number of hydrogen-bond acceptors (Lipinski definition) is 1. The minimum absolute atomic E-state index is 0.136. The van der Waals surface area contributed by atoms with Crippen LogP contribution in [0.2, 0.25) is 0 Å². The van der Waals surface area contributed by atoms with Crippen LogP contribution in [0.3, 0.4) is 0 Å². The lowest BCUT2D eigenvalue weighted by Gasteiger charge is -2.25. The zero-order valence-electron chi connectivity index (χ0n) is 6.11. The molecule has 68 valence electrons. The lowest BCUT2D eigenvalue weighted by Crippen LogP contribution is -2.36. The molecule has 0 aliphatic carbocycles. The van der Waals surface area contributed by atoms with E-state index in [0.717, 1.165) is 6.20 Å². The smallest absolute Gasteiger partial charge is 0.287 e. The third-order valence-electron chi connectivity index (χ3n) is 1.47. The fraction of sp³-hybridized carbons (Fsp3) is 0.429. The molecule has 1 rings (SSSR count). The minimum Gasteiger partial charge on any atom is -0.287 e. The highest BCUT2D eigenvalue weighted by atomic mass is 35.5. The topological polar surface area (TPSA) is 3.24 Å². The van der Waals surface area contributed by atoms with Gasteiger partial charge in [0.05, 0.1) is 0 Å². The molecule has 0 N–H and O–H groups in total. The number of nitrogens with zero attached hydrogens (tertiary/aromatic N) is 1. The van der Waals surface area contributed by atoms with E-state index in [1.165, 1.54) is 6.08 Å². The molecule has 1 heterocycles. The molecular formula is C7H7ClF3N. The summed E-state index contributed by atoms with van der Waals surface area (Å²) in [5, 5.41) is 0. The lowest BCUT2D eigenvalue weighted by molar-refractivity contribution is -0.225. The molecule has 0 spiro atoms. The molecule has 0 unspecified atom stereocenters. The van der Waals surface area contributed by atoms with E-state index in [2.05, 4.69) is 0 Å². The number of allylic oxidation sites excluding steroid dienone is 2. The van der Waals surface area contributed by atoms with Gasteiger partial charge in [-0.3, -0.25) is 4.90 Å². The summed E-state index contributed by atoms with van der Waals surface area (Å²) in [5.41, 5.74) is 0.566. The van der Waals surface area contributed by atoms with E-state index in [9.17, 15) is 13.2 Å². The Balaban J connectivity index is 2.65. The van der Waals surface area contributed by atoms with Crippen LogP contribution in [-0.4, -0.2) is 23.6 Å². The Morgan fingerprint density at radius 3 is 2.67 bits per heavy atom. The highest BCUT2D eigenvalue weighted by Crippen LogP contribution is 2.24. The summed E-state index contributed by atoms with van der Waals surface area (Å²) in [5.74, 6) is 0.136. The normalized spacial score (nSPS) is 18.0. The van der Waals surface area contributed by atoms with Crippen molar-refractivity contribution in [1.29, 1.82) is 0 Å². The van der Waals surface area contributed by atoms with Crippen LogP contribution >= 0.6 is 11.6 Å². The molecule has 1 aliphatic heterocycles. The maximum Gasteiger partial charge on any atom is 0.484 e. The van der Waals surface area contributed by atoms with E-state index >= 15 is 0 Å². The Morgan fingerprint density at radius 1 is 1.50 bits per heavy atom. The number of rotatable bonds is 1. The Labute approximate surface area is 73.1 Å². The van der Waals surface area contributed by atoms with Crippen molar-refractivity contribution in [2.75, 3.05) is 12.4 Å². The van der Waals surface area contributed by atoms with Crippen LogP contribution in [-0.2, 0) is 0 Å². The van der Waals surface area contributed by atoms with Crippen molar-refractivity contribution in [1.82, 2.24) is 4.90 Å². The van der Waals surface area contributed by atoms with Gasteiger partial charge in [0.15, 0.2) is 0 Å². The second-order valence-electron chi connectivity index (χ2n) is 2.40. The molecule has 0 bridgehead atoms. The van der Waals surface area contributed by atoms with Gasteiger partial charge in [-0.05, 0) is 11.6 Å². The van der Waals surface area contributed by atoms with Gasteiger partial charge in [0, 0.05) is 18.6 Å². The van der Waals surface area contributed by atoms with Crippen LogP contribution in [0, 0.1) is 0 Å². The molecule has 0 amide bonds. The highest BCUT2D eigenvalue weighted by molar-refractivity contribution is 6.19. The maximum absolute atomic E-state index is 12.1. The summed E-state index contributed by atoms with van der Waals surface area (Å²) < 4.78 is 36.2. The van der Waals surface area contributed by atoms with Crippen LogP contribution in [0.4, 0.5) is 13.2 Å². The standard InChI is InChI=1S/C7H7ClF3N/c8-4-6-2-1-3-12(5-6)7(9,10)11/h1-3H,4-5H2. The highest BCUT2D eigenvalue weighted by Gasteiger charge is 2.35. The monoisotopic (exact) mass is 197 g/mol. The molecule has 0 saturated heterocycles. The van der Waals surface area contributed by atoms with Gasteiger partial charge < -0.3 is 0 Å². The summed E-state index contributed by atoms with van der Waals surface area (Å²) in [4.78, 5) is 0.296. The quantitative estimate of drug-likeness (QED) is 0.461. The molecule has 0 saturated carbocycles. The fourth-order valence-corrected chi connectivity index (χ4v) is 1.04. The first kappa shape index (κ1) is 9.45. The largest absolute Gasteiger partial charge is 0.484 e. The van der Waals surface area contributed by atoms with Gasteiger partial charge in [0.25, 0.3) is 0 Å². The summed E-state index contributed by atoms with van der Waals surface area (Å²) in [6.07, 6.45) is -0.373. The predicted octanol–water partition coefficient (Wildman–Crippen LogP) is 2.50. The first-order chi connectivity index (χ1) is 5.54. The Kier molecular flexibility index (Phi) is 2.67. The third-order valence-corrected chi connectivity index (χ3v) is 1.81. The van der Waals surface area contributed by atoms with Crippen LogP contribution < -0.4 is 0 Å². The van der Waals surface area contributed by atoms with Crippen molar-refractivity contribution in [3.8, 4) is 0 Å². The molecule has 0 fully saturated rings. The maximum atomic E-state index is 12.1. The zero-order valence-corrected chi connectivity index (χ0v) is 6.86. The van der Waals surface area contributed by atoms with Crippen LogP contribution in [0.25, 0.3) is 0 Å². The van der Waals surface area contributed by atoms with E-state index in [0.29, 0.717) is 10.5 Å². The molecule has 12 heavy (non-hydrogen) atoms. The van der Waals surface area contributed by atoms with E-state index in [4.69, 9.17) is 11.6 Å². The van der Waals surface area contributed by atoms with Gasteiger partial charge in [0.2, 0.25) is 0 Å². The summed E-state index contributed by atoms with van der Waals surface area (Å²) in [6, 6.07) is 0. The minimum atomic E-state index is -4.30. The van der Waals surface area contributed by atoms with E-state index in [1.807, 2.05) is 0 Å². The predicted molar refractivity (Wildman–Crippen MR) is 40.7 cm³/mol. The van der Waals surface area contributed by atoms with Gasteiger partial charge >= 0.3 is 6.30 Å². The summed E-state index contributed by atoms with van der Waals surface area (Å²) in [6.45, 7) is -0.163. The average Bonchev–Trinajstić information content (AvgIpc) is 2.03. The second-order valence-corrected chi connectivity index (χ2v) is 2.66. The van der Waals surface area contributed by atoms with E-state index < -0.39 is 6.30 Å². The van der Waals surface area contributed by atoms with Gasteiger partial charge in [-0.1, -0.05) is 6.08 Å². The van der Waals surface area contributed by atoms with Crippen molar-refractivity contribution in [2.24, 2.45) is 0 Å². The van der Waals surface area contributed by atoms with E-state index in [1.54, 1.807) is 6.08 Å². The zero-order chi connectivity index (χ0) is 9.19. The lowest BCUT2D eigenvalue weighted by atomic mass is 10.2. The molecule has 0 radical (unpaired) electrons. The molecule has 1 aliphatic rings. The molecule has 5 heteroatoms. The SMILES string of the molecule is FC(F)(F)N1C=CC=C(CCl)C1. The van der Waals surface area contributed by atoms with Crippen molar-refractivity contribution in [2.45, 2.75) is 6.30 Å². The molecule has 0 aromatic carbocycles. The van der Waals surface area contributed by atoms with Gasteiger partial charge in [0.1, 0.15) is 0 Å². The second kappa shape index (κ2) is 3.39. The molecule has 0 aromatic heterocycles. The van der Waals surface area contributed by atoms with Crippen LogP contribution in [0.5, 0.6) is 0 Å². The molecular weight excluding hydrogens is 191 g/mol. The number of hydrogen-bond donors (Lipinski definition) is 0. The van der Waals surface area contributed by atoms with Gasteiger partial charge in [-0.15, -0.1) is 11.6 Å². The number of halogens is 4. The molecule has 0 atom stereocenters. The summed E-state index contributed by atoms with van der Waals surface area (Å²) in [7, 11) is 0. The average molecular weight is 198 g/mol. The Morgan fingerprint density at radius 2 is 2.17 bits per heavy atom. The van der Waals surface area contributed by atoms with Crippen LogP contribution in [0.1, 0.15) is 0 Å². The van der Waals surface area contributed by atoms with Gasteiger partial charge in [-0.25, -0.2) is 0 Å². The first-order valence-electron chi connectivity index (χ1n) is 3.29.